The molecule has 0 saturated carbocycles. The number of nitrogens with one attached hydrogen (secondary N) is 3. The second-order valence-electron chi connectivity index (χ2n) is 4.13. The van der Waals surface area contributed by atoms with Crippen LogP contribution in [-0.2, 0) is 0 Å². The van der Waals surface area contributed by atoms with Crippen LogP contribution in [0.5, 0.6) is 5.75 Å². The van der Waals surface area contributed by atoms with Crippen LogP contribution >= 0.6 is 0 Å². The Kier molecular flexibility index (Phi) is 3.70. The number of aromatic nitrogens is 2. The molecule has 100 valence electrons. The molecule has 0 atom stereocenters. The summed E-state index contributed by atoms with van der Waals surface area (Å²) in [7, 11) is 1.60. The number of methoxy groups -OCH3 is 1. The Morgan fingerprint density at radius 1 is 1.21 bits per heavy atom. The number of urea groups is 1. The van der Waals surface area contributed by atoms with Gasteiger partial charge in [-0.2, -0.15) is 5.10 Å². The van der Waals surface area contributed by atoms with Crippen molar-refractivity contribution in [3.8, 4) is 5.75 Å². The lowest BCUT2D eigenvalue weighted by Gasteiger charge is -2.07. The molecule has 1 heterocycles. The Balaban J connectivity index is 1.99. The van der Waals surface area contributed by atoms with Crippen LogP contribution in [0.4, 0.5) is 16.3 Å². The number of anilines is 2. The summed E-state index contributed by atoms with van der Waals surface area (Å²) in [6.07, 6.45) is 0. The zero-order valence-corrected chi connectivity index (χ0v) is 11.1. The third-order valence-corrected chi connectivity index (χ3v) is 2.83. The highest BCUT2D eigenvalue weighted by molar-refractivity contribution is 5.99. The average molecular weight is 260 g/mol. The Hall–Kier alpha value is -2.50. The number of aromatic amines is 1. The van der Waals surface area contributed by atoms with Gasteiger partial charge in [-0.05, 0) is 38.1 Å². The first-order valence-corrected chi connectivity index (χ1v) is 5.84. The molecule has 0 fully saturated rings. The lowest BCUT2D eigenvalue weighted by Crippen LogP contribution is -2.20. The van der Waals surface area contributed by atoms with Crippen molar-refractivity contribution in [3.63, 3.8) is 0 Å². The molecule has 0 aliphatic heterocycles. The van der Waals surface area contributed by atoms with Gasteiger partial charge in [0.2, 0.25) is 0 Å². The number of nitrogens with zero attached hydrogens (tertiary/aromatic N) is 1. The predicted molar refractivity (Wildman–Crippen MR) is 73.7 cm³/mol. The van der Waals surface area contributed by atoms with Crippen LogP contribution in [0.15, 0.2) is 24.3 Å². The minimum absolute atomic E-state index is 0.334. The molecule has 2 amide bonds. The summed E-state index contributed by atoms with van der Waals surface area (Å²) in [5.41, 5.74) is 2.54. The smallest absolute Gasteiger partial charge is 0.324 e. The Labute approximate surface area is 111 Å². The number of rotatable bonds is 3. The van der Waals surface area contributed by atoms with Gasteiger partial charge in [-0.15, -0.1) is 0 Å². The summed E-state index contributed by atoms with van der Waals surface area (Å²) in [6, 6.07) is 6.75. The van der Waals surface area contributed by atoms with E-state index in [9.17, 15) is 4.79 Å². The van der Waals surface area contributed by atoms with E-state index in [1.807, 2.05) is 13.8 Å². The second kappa shape index (κ2) is 5.43. The minimum atomic E-state index is -0.334. The maximum atomic E-state index is 11.8. The summed E-state index contributed by atoms with van der Waals surface area (Å²) < 4.78 is 5.05. The summed E-state index contributed by atoms with van der Waals surface area (Å²) in [5.74, 6) is 1.27. The molecule has 19 heavy (non-hydrogen) atoms. The van der Waals surface area contributed by atoms with E-state index >= 15 is 0 Å². The van der Waals surface area contributed by atoms with Gasteiger partial charge in [0.1, 0.15) is 5.75 Å². The highest BCUT2D eigenvalue weighted by Gasteiger charge is 2.09. The molecular formula is C13H16N4O2. The topological polar surface area (TPSA) is 79.0 Å². The van der Waals surface area contributed by atoms with Gasteiger partial charge >= 0.3 is 6.03 Å². The zero-order valence-electron chi connectivity index (χ0n) is 11.1. The highest BCUT2D eigenvalue weighted by atomic mass is 16.5. The van der Waals surface area contributed by atoms with E-state index in [1.54, 1.807) is 31.4 Å². The summed E-state index contributed by atoms with van der Waals surface area (Å²) in [4.78, 5) is 11.8. The van der Waals surface area contributed by atoms with Crippen LogP contribution < -0.4 is 15.4 Å². The van der Waals surface area contributed by atoms with Gasteiger partial charge in [-0.25, -0.2) is 4.79 Å². The van der Waals surface area contributed by atoms with Crippen LogP contribution in [0.3, 0.4) is 0 Å². The van der Waals surface area contributed by atoms with E-state index in [-0.39, 0.29) is 6.03 Å². The maximum Gasteiger partial charge on any atom is 0.324 e. The molecule has 6 heteroatoms. The Bertz CT molecular complexity index is 575. The quantitative estimate of drug-likeness (QED) is 0.793. The fourth-order valence-corrected chi connectivity index (χ4v) is 1.55. The third kappa shape index (κ3) is 3.04. The molecule has 0 radical (unpaired) electrons. The van der Waals surface area contributed by atoms with Crippen molar-refractivity contribution in [2.45, 2.75) is 13.8 Å². The molecular weight excluding hydrogens is 244 g/mol. The van der Waals surface area contributed by atoms with E-state index < -0.39 is 0 Å². The molecule has 0 saturated heterocycles. The molecule has 0 spiro atoms. The molecule has 6 nitrogen and oxygen atoms in total. The number of amides is 2. The van der Waals surface area contributed by atoms with Crippen molar-refractivity contribution in [1.29, 1.82) is 0 Å². The van der Waals surface area contributed by atoms with Gasteiger partial charge in [0.15, 0.2) is 5.82 Å². The van der Waals surface area contributed by atoms with Gasteiger partial charge in [-0.3, -0.25) is 10.4 Å². The number of benzene rings is 1. The molecule has 1 aromatic heterocycles. The fourth-order valence-electron chi connectivity index (χ4n) is 1.55. The SMILES string of the molecule is COc1ccc(NC(=O)Nc2n[nH]c(C)c2C)cc1. The molecule has 2 rings (SSSR count). The van der Waals surface area contributed by atoms with Crippen molar-refractivity contribution >= 4 is 17.5 Å². The van der Waals surface area contributed by atoms with Gasteiger partial charge < -0.3 is 10.1 Å². The molecule has 3 N–H and O–H groups in total. The number of carbonyl (C=O) groups is 1. The van der Waals surface area contributed by atoms with E-state index in [0.717, 1.165) is 17.0 Å². The van der Waals surface area contributed by atoms with Crippen LogP contribution in [-0.4, -0.2) is 23.3 Å². The van der Waals surface area contributed by atoms with E-state index in [2.05, 4.69) is 20.8 Å². The normalized spacial score (nSPS) is 10.1. The fraction of sp³-hybridized carbons (Fsp3) is 0.231. The van der Waals surface area contributed by atoms with Gasteiger partial charge in [0.05, 0.1) is 7.11 Å². The van der Waals surface area contributed by atoms with Crippen LogP contribution in [0.2, 0.25) is 0 Å². The standard InChI is InChI=1S/C13H16N4O2/c1-8-9(2)16-17-12(8)15-13(18)14-10-4-6-11(19-3)7-5-10/h4-7H,1-3H3,(H3,14,15,16,17,18). The summed E-state index contributed by atoms with van der Waals surface area (Å²) in [5, 5.41) is 12.2. The highest BCUT2D eigenvalue weighted by Crippen LogP contribution is 2.16. The molecule has 0 aliphatic rings. The van der Waals surface area contributed by atoms with Crippen LogP contribution in [0.25, 0.3) is 0 Å². The third-order valence-electron chi connectivity index (χ3n) is 2.83. The minimum Gasteiger partial charge on any atom is -0.497 e. The molecule has 0 aliphatic carbocycles. The zero-order chi connectivity index (χ0) is 13.8. The summed E-state index contributed by atoms with van der Waals surface area (Å²) in [6.45, 7) is 3.79. The molecule has 2 aromatic rings. The van der Waals surface area contributed by atoms with Crippen molar-refractivity contribution < 1.29 is 9.53 Å². The first kappa shape index (κ1) is 12.9. The number of carbonyl (C=O) groups excluding carboxylic acids is 1. The van der Waals surface area contributed by atoms with Crippen molar-refractivity contribution in [2.75, 3.05) is 17.7 Å². The number of ether oxygens (including phenoxy) is 1. The van der Waals surface area contributed by atoms with Gasteiger partial charge in [0.25, 0.3) is 0 Å². The number of aryl methyl sites for hydroxylation is 1. The van der Waals surface area contributed by atoms with Crippen LogP contribution in [0.1, 0.15) is 11.3 Å². The first-order chi connectivity index (χ1) is 9.10. The number of hydrogen-bond donors (Lipinski definition) is 3. The summed E-state index contributed by atoms with van der Waals surface area (Å²) >= 11 is 0. The Morgan fingerprint density at radius 2 is 1.89 bits per heavy atom. The first-order valence-electron chi connectivity index (χ1n) is 5.84. The Morgan fingerprint density at radius 3 is 2.42 bits per heavy atom. The molecule has 0 bridgehead atoms. The van der Waals surface area contributed by atoms with Crippen molar-refractivity contribution in [3.05, 3.63) is 35.5 Å². The lowest BCUT2D eigenvalue weighted by atomic mass is 10.3. The molecule has 1 aromatic carbocycles. The second-order valence-corrected chi connectivity index (χ2v) is 4.13. The number of hydrogen-bond acceptors (Lipinski definition) is 3. The lowest BCUT2D eigenvalue weighted by molar-refractivity contribution is 0.262. The van der Waals surface area contributed by atoms with Gasteiger partial charge in [-0.1, -0.05) is 0 Å². The predicted octanol–water partition coefficient (Wildman–Crippen LogP) is 2.68. The van der Waals surface area contributed by atoms with E-state index in [1.165, 1.54) is 0 Å². The maximum absolute atomic E-state index is 11.8. The average Bonchev–Trinajstić information content (AvgIpc) is 2.71. The number of H-pyrrole nitrogens is 1. The van der Waals surface area contributed by atoms with E-state index in [4.69, 9.17) is 4.74 Å². The van der Waals surface area contributed by atoms with Crippen LogP contribution in [0, 0.1) is 13.8 Å². The monoisotopic (exact) mass is 260 g/mol. The van der Waals surface area contributed by atoms with Gasteiger partial charge in [0, 0.05) is 16.9 Å². The largest absolute Gasteiger partial charge is 0.497 e. The molecule has 0 unspecified atom stereocenters. The van der Waals surface area contributed by atoms with Crippen molar-refractivity contribution in [1.82, 2.24) is 10.2 Å². The van der Waals surface area contributed by atoms with Crippen molar-refractivity contribution in [2.24, 2.45) is 0 Å². The van der Waals surface area contributed by atoms with E-state index in [0.29, 0.717) is 11.5 Å².